The van der Waals surface area contributed by atoms with E-state index in [1.165, 1.54) is 17.7 Å². The highest BCUT2D eigenvalue weighted by molar-refractivity contribution is 7.10. The van der Waals surface area contributed by atoms with Gasteiger partial charge in [0.1, 0.15) is 0 Å². The smallest absolute Gasteiger partial charge is 0.314 e. The van der Waals surface area contributed by atoms with E-state index in [9.17, 15) is 4.79 Å². The van der Waals surface area contributed by atoms with Gasteiger partial charge in [0, 0.05) is 37.7 Å². The van der Waals surface area contributed by atoms with E-state index >= 15 is 0 Å². The molecule has 7 heteroatoms. The molecule has 0 spiro atoms. The molecule has 1 aliphatic carbocycles. The van der Waals surface area contributed by atoms with Crippen LogP contribution in [0.4, 0.5) is 4.79 Å². The van der Waals surface area contributed by atoms with Gasteiger partial charge in [0.25, 0.3) is 0 Å². The number of morpholine rings is 1. The van der Waals surface area contributed by atoms with E-state index in [-0.39, 0.29) is 12.1 Å². The largest absolute Gasteiger partial charge is 0.379 e. The highest BCUT2D eigenvalue weighted by Gasteiger charge is 2.24. The molecule has 134 valence electrons. The van der Waals surface area contributed by atoms with Gasteiger partial charge in [-0.05, 0) is 30.2 Å². The van der Waals surface area contributed by atoms with Crippen LogP contribution in [0.2, 0.25) is 0 Å². The van der Waals surface area contributed by atoms with Gasteiger partial charge in [-0.1, -0.05) is 6.07 Å². The van der Waals surface area contributed by atoms with Crippen molar-refractivity contribution in [3.8, 4) is 0 Å². The fourth-order valence-corrected chi connectivity index (χ4v) is 3.66. The maximum atomic E-state index is 12.0. The molecule has 2 N–H and O–H groups in total. The molecule has 3 rings (SSSR count). The Morgan fingerprint density at radius 3 is 2.92 bits per heavy atom. The molecule has 1 aromatic rings. The van der Waals surface area contributed by atoms with Crippen LogP contribution in [0.15, 0.2) is 17.5 Å². The van der Waals surface area contributed by atoms with Crippen LogP contribution in [-0.4, -0.2) is 63.5 Å². The molecule has 2 fully saturated rings. The summed E-state index contributed by atoms with van der Waals surface area (Å²) < 4.78 is 11.0. The highest BCUT2D eigenvalue weighted by Crippen LogP contribution is 2.28. The van der Waals surface area contributed by atoms with Gasteiger partial charge in [-0.3, -0.25) is 4.90 Å². The van der Waals surface area contributed by atoms with Crippen molar-refractivity contribution < 1.29 is 14.3 Å². The molecule has 2 heterocycles. The summed E-state index contributed by atoms with van der Waals surface area (Å²) in [7, 11) is 0. The Hall–Kier alpha value is -1.15. The first-order valence-electron chi connectivity index (χ1n) is 8.77. The second kappa shape index (κ2) is 9.36. The first-order chi connectivity index (χ1) is 11.8. The number of thiophene rings is 1. The molecule has 1 unspecified atom stereocenters. The summed E-state index contributed by atoms with van der Waals surface area (Å²) in [6.07, 6.45) is 2.58. The van der Waals surface area contributed by atoms with Crippen molar-refractivity contribution in [2.75, 3.05) is 52.6 Å². The standard InChI is InChI=1S/C17H27N3O3S/c21-17(18-5-8-23-13-14-3-4-14)19-12-15(16-2-1-11-24-16)20-6-9-22-10-7-20/h1-2,11,14-15H,3-10,12-13H2,(H2,18,19,21). The van der Waals surface area contributed by atoms with Gasteiger partial charge < -0.3 is 20.1 Å². The van der Waals surface area contributed by atoms with E-state index in [1.54, 1.807) is 11.3 Å². The number of nitrogens with one attached hydrogen (secondary N) is 2. The van der Waals surface area contributed by atoms with Gasteiger partial charge in [0.15, 0.2) is 0 Å². The second-order valence-corrected chi connectivity index (χ2v) is 7.31. The molecule has 1 atom stereocenters. The van der Waals surface area contributed by atoms with Crippen molar-refractivity contribution in [3.63, 3.8) is 0 Å². The molecular weight excluding hydrogens is 326 g/mol. The van der Waals surface area contributed by atoms with Crippen LogP contribution >= 0.6 is 11.3 Å². The minimum Gasteiger partial charge on any atom is -0.379 e. The lowest BCUT2D eigenvalue weighted by molar-refractivity contribution is 0.0174. The van der Waals surface area contributed by atoms with Crippen molar-refractivity contribution in [1.29, 1.82) is 0 Å². The number of hydrogen-bond acceptors (Lipinski definition) is 5. The van der Waals surface area contributed by atoms with E-state index in [0.717, 1.165) is 38.8 Å². The van der Waals surface area contributed by atoms with Crippen LogP contribution in [0, 0.1) is 5.92 Å². The first kappa shape index (κ1) is 17.7. The summed E-state index contributed by atoms with van der Waals surface area (Å²) in [6.45, 7) is 5.90. The molecule has 2 amide bonds. The van der Waals surface area contributed by atoms with Crippen molar-refractivity contribution in [1.82, 2.24) is 15.5 Å². The summed E-state index contributed by atoms with van der Waals surface area (Å²) in [6, 6.07) is 4.28. The lowest BCUT2D eigenvalue weighted by Crippen LogP contribution is -2.46. The zero-order chi connectivity index (χ0) is 16.6. The van der Waals surface area contributed by atoms with Crippen molar-refractivity contribution in [3.05, 3.63) is 22.4 Å². The Labute approximate surface area is 147 Å². The number of hydrogen-bond donors (Lipinski definition) is 2. The first-order valence-corrected chi connectivity index (χ1v) is 9.65. The summed E-state index contributed by atoms with van der Waals surface area (Å²) in [5.74, 6) is 0.763. The molecule has 0 bridgehead atoms. The van der Waals surface area contributed by atoms with E-state index in [1.807, 2.05) is 0 Å². The van der Waals surface area contributed by atoms with Gasteiger partial charge in [-0.2, -0.15) is 0 Å². The third-order valence-corrected chi connectivity index (χ3v) is 5.37. The van der Waals surface area contributed by atoms with Crippen LogP contribution in [-0.2, 0) is 9.47 Å². The Kier molecular flexibility index (Phi) is 6.89. The third-order valence-electron chi connectivity index (χ3n) is 4.40. The lowest BCUT2D eigenvalue weighted by Gasteiger charge is -2.34. The normalized spacial score (nSPS) is 19.8. The molecule has 1 aliphatic heterocycles. The van der Waals surface area contributed by atoms with Crippen LogP contribution < -0.4 is 10.6 Å². The minimum atomic E-state index is -0.125. The Morgan fingerprint density at radius 1 is 1.38 bits per heavy atom. The number of ether oxygens (including phenoxy) is 2. The predicted octanol–water partition coefficient (Wildman–Crippen LogP) is 1.85. The van der Waals surface area contributed by atoms with Crippen LogP contribution in [0.25, 0.3) is 0 Å². The van der Waals surface area contributed by atoms with E-state index in [4.69, 9.17) is 9.47 Å². The monoisotopic (exact) mass is 353 g/mol. The van der Waals surface area contributed by atoms with Crippen LogP contribution in [0.1, 0.15) is 23.8 Å². The van der Waals surface area contributed by atoms with Crippen molar-refractivity contribution in [2.24, 2.45) is 5.92 Å². The predicted molar refractivity (Wildman–Crippen MR) is 94.4 cm³/mol. The Balaban J connectivity index is 1.38. The Bertz CT molecular complexity index is 487. The maximum Gasteiger partial charge on any atom is 0.314 e. The highest BCUT2D eigenvalue weighted by atomic mass is 32.1. The topological polar surface area (TPSA) is 62.8 Å². The average Bonchev–Trinajstić information content (AvgIpc) is 3.28. The van der Waals surface area contributed by atoms with E-state index in [2.05, 4.69) is 33.0 Å². The van der Waals surface area contributed by atoms with Crippen LogP contribution in [0.5, 0.6) is 0 Å². The number of urea groups is 1. The number of rotatable bonds is 9. The summed E-state index contributed by atoms with van der Waals surface area (Å²) in [5.41, 5.74) is 0. The zero-order valence-electron chi connectivity index (χ0n) is 14.0. The van der Waals surface area contributed by atoms with Gasteiger partial charge in [-0.15, -0.1) is 11.3 Å². The van der Waals surface area contributed by atoms with E-state index in [0.29, 0.717) is 19.7 Å². The van der Waals surface area contributed by atoms with Crippen molar-refractivity contribution in [2.45, 2.75) is 18.9 Å². The second-order valence-electron chi connectivity index (χ2n) is 6.33. The molecule has 1 saturated carbocycles. The fraction of sp³-hybridized carbons (Fsp3) is 0.706. The van der Waals surface area contributed by atoms with Gasteiger partial charge >= 0.3 is 6.03 Å². The average molecular weight is 353 g/mol. The summed E-state index contributed by atoms with van der Waals surface area (Å²) in [4.78, 5) is 15.7. The quantitative estimate of drug-likeness (QED) is 0.665. The molecule has 1 saturated heterocycles. The molecule has 0 radical (unpaired) electrons. The summed E-state index contributed by atoms with van der Waals surface area (Å²) >= 11 is 1.74. The number of nitrogens with zero attached hydrogens (tertiary/aromatic N) is 1. The van der Waals surface area contributed by atoms with Gasteiger partial charge in [0.05, 0.1) is 25.9 Å². The van der Waals surface area contributed by atoms with Crippen LogP contribution in [0.3, 0.4) is 0 Å². The fourth-order valence-electron chi connectivity index (χ4n) is 2.80. The van der Waals surface area contributed by atoms with Gasteiger partial charge in [0.2, 0.25) is 0 Å². The summed E-state index contributed by atoms with van der Waals surface area (Å²) in [5, 5.41) is 7.95. The zero-order valence-corrected chi connectivity index (χ0v) is 14.9. The Morgan fingerprint density at radius 2 is 2.21 bits per heavy atom. The molecule has 0 aromatic carbocycles. The molecular formula is C17H27N3O3S. The molecule has 1 aromatic heterocycles. The van der Waals surface area contributed by atoms with E-state index < -0.39 is 0 Å². The van der Waals surface area contributed by atoms with Crippen molar-refractivity contribution >= 4 is 17.4 Å². The number of carbonyl (C=O) groups excluding carboxylic acids is 1. The molecule has 6 nitrogen and oxygen atoms in total. The minimum absolute atomic E-state index is 0.125. The SMILES string of the molecule is O=C(NCCOCC1CC1)NCC(c1cccs1)N1CCOCC1. The lowest BCUT2D eigenvalue weighted by atomic mass is 10.2. The molecule has 2 aliphatic rings. The number of carbonyl (C=O) groups is 1. The molecule has 24 heavy (non-hydrogen) atoms. The number of amides is 2. The maximum absolute atomic E-state index is 12.0. The van der Waals surface area contributed by atoms with Gasteiger partial charge in [-0.25, -0.2) is 4.79 Å². The third kappa shape index (κ3) is 5.73.